The lowest BCUT2D eigenvalue weighted by Gasteiger charge is -2.24. The molecule has 0 saturated heterocycles. The van der Waals surface area contributed by atoms with Crippen molar-refractivity contribution < 1.29 is 36.3 Å². The zero-order valence-electron chi connectivity index (χ0n) is 18.1. The first-order valence-corrected chi connectivity index (χ1v) is 11.8. The summed E-state index contributed by atoms with van der Waals surface area (Å²) >= 11 is 5.66. The van der Waals surface area contributed by atoms with E-state index in [0.717, 1.165) is 12.1 Å². The molecule has 0 aromatic heterocycles. The van der Waals surface area contributed by atoms with Crippen LogP contribution in [0.1, 0.15) is 21.5 Å². The van der Waals surface area contributed by atoms with Gasteiger partial charge in [0.05, 0.1) is 32.9 Å². The van der Waals surface area contributed by atoms with Crippen molar-refractivity contribution in [1.29, 1.82) is 0 Å². The number of anilines is 1. The number of nitrogens with one attached hydrogen (secondary N) is 1. The van der Waals surface area contributed by atoms with Gasteiger partial charge in [0.15, 0.2) is 0 Å². The smallest absolute Gasteiger partial charge is 0.417 e. The Bertz CT molecular complexity index is 1400. The molecular weight excluding hydrogens is 523 g/mol. The van der Waals surface area contributed by atoms with Gasteiger partial charge in [0.2, 0.25) is 0 Å². The number of benzene rings is 3. The Balaban J connectivity index is 1.89. The number of hydrogen-bond donors (Lipinski definition) is 2. The topological polar surface area (TPSA) is 116 Å². The molecule has 188 valence electrons. The molecule has 0 spiro atoms. The highest BCUT2D eigenvalue weighted by molar-refractivity contribution is 7.92. The van der Waals surface area contributed by atoms with Crippen LogP contribution in [-0.4, -0.2) is 38.2 Å². The molecule has 0 aliphatic carbocycles. The summed E-state index contributed by atoms with van der Waals surface area (Å²) in [7, 11) is -4.46. The third-order valence-corrected chi connectivity index (χ3v) is 6.84. The SMILES string of the molecule is O=C(CN(c1ccc(Cl)c(C(F)(F)F)c1)S(=O)(=O)c1ccccc1)N/N=C\c1ccc(C(=O)O)cc1. The number of alkyl halides is 3. The molecule has 0 aliphatic heterocycles. The van der Waals surface area contributed by atoms with Crippen molar-refractivity contribution >= 4 is 45.4 Å². The lowest BCUT2D eigenvalue weighted by atomic mass is 10.1. The van der Waals surface area contributed by atoms with Gasteiger partial charge in [-0.2, -0.15) is 18.3 Å². The second-order valence-corrected chi connectivity index (χ2v) is 9.48. The van der Waals surface area contributed by atoms with Gasteiger partial charge in [0, 0.05) is 0 Å². The molecule has 3 aromatic rings. The number of hydrogen-bond acceptors (Lipinski definition) is 5. The molecule has 0 atom stereocenters. The molecule has 2 N–H and O–H groups in total. The Morgan fingerprint density at radius 1 is 1.03 bits per heavy atom. The van der Waals surface area contributed by atoms with Gasteiger partial charge in [0.25, 0.3) is 15.9 Å². The van der Waals surface area contributed by atoms with Crippen LogP contribution in [0.2, 0.25) is 5.02 Å². The molecule has 0 heterocycles. The van der Waals surface area contributed by atoms with Gasteiger partial charge < -0.3 is 5.11 Å². The lowest BCUT2D eigenvalue weighted by molar-refractivity contribution is -0.137. The molecule has 13 heteroatoms. The highest BCUT2D eigenvalue weighted by atomic mass is 35.5. The highest BCUT2D eigenvalue weighted by Gasteiger charge is 2.35. The monoisotopic (exact) mass is 539 g/mol. The van der Waals surface area contributed by atoms with Crippen LogP contribution in [0.3, 0.4) is 0 Å². The first kappa shape index (κ1) is 26.7. The normalized spacial score (nSPS) is 11.9. The number of carboxylic acids is 1. The van der Waals surface area contributed by atoms with Crippen molar-refractivity contribution in [2.24, 2.45) is 5.10 Å². The van der Waals surface area contributed by atoms with Crippen LogP contribution in [0.5, 0.6) is 0 Å². The van der Waals surface area contributed by atoms with E-state index >= 15 is 0 Å². The van der Waals surface area contributed by atoms with Crippen LogP contribution in [0.15, 0.2) is 82.8 Å². The minimum Gasteiger partial charge on any atom is -0.478 e. The molecule has 1 amide bonds. The Kier molecular flexibility index (Phi) is 8.00. The van der Waals surface area contributed by atoms with Gasteiger partial charge in [-0.3, -0.25) is 9.10 Å². The van der Waals surface area contributed by atoms with Crippen LogP contribution in [-0.2, 0) is 21.0 Å². The summed E-state index contributed by atoms with van der Waals surface area (Å²) in [5.74, 6) is -2.07. The summed E-state index contributed by atoms with van der Waals surface area (Å²) in [5.41, 5.74) is 0.884. The van der Waals surface area contributed by atoms with Gasteiger partial charge in [-0.25, -0.2) is 18.6 Å². The maximum Gasteiger partial charge on any atom is 0.417 e. The minimum atomic E-state index is -4.86. The van der Waals surface area contributed by atoms with Gasteiger partial charge >= 0.3 is 12.1 Å². The third-order valence-electron chi connectivity index (χ3n) is 4.72. The fourth-order valence-corrected chi connectivity index (χ4v) is 4.64. The van der Waals surface area contributed by atoms with E-state index in [9.17, 15) is 31.2 Å². The Labute approximate surface area is 208 Å². The van der Waals surface area contributed by atoms with E-state index < -0.39 is 50.9 Å². The second kappa shape index (κ2) is 10.8. The van der Waals surface area contributed by atoms with Crippen LogP contribution in [0, 0.1) is 0 Å². The minimum absolute atomic E-state index is 0.0409. The number of carbonyl (C=O) groups is 2. The van der Waals surface area contributed by atoms with E-state index in [1.807, 2.05) is 0 Å². The van der Waals surface area contributed by atoms with Gasteiger partial charge in [-0.1, -0.05) is 41.9 Å². The number of carboxylic acid groups (broad SMARTS) is 1. The third kappa shape index (κ3) is 6.40. The molecule has 0 aliphatic rings. The van der Waals surface area contributed by atoms with E-state index in [-0.39, 0.29) is 10.5 Å². The molecule has 0 unspecified atom stereocenters. The predicted molar refractivity (Wildman–Crippen MR) is 127 cm³/mol. The molecular formula is C23H17ClF3N3O5S. The summed E-state index contributed by atoms with van der Waals surface area (Å²) < 4.78 is 67.2. The van der Waals surface area contributed by atoms with Crippen molar-refractivity contribution in [2.45, 2.75) is 11.1 Å². The van der Waals surface area contributed by atoms with Crippen molar-refractivity contribution in [3.63, 3.8) is 0 Å². The standard InChI is InChI=1S/C23H17ClF3N3O5S/c24-20-11-10-17(12-19(20)23(25,26)27)30(36(34,35)18-4-2-1-3-5-18)14-21(31)29-28-13-15-6-8-16(9-7-15)22(32)33/h1-13H,14H2,(H,29,31)(H,32,33)/b28-13-. The van der Waals surface area contributed by atoms with Crippen LogP contribution < -0.4 is 9.73 Å². The van der Waals surface area contributed by atoms with E-state index in [0.29, 0.717) is 15.9 Å². The number of nitrogens with zero attached hydrogens (tertiary/aromatic N) is 2. The molecule has 0 fully saturated rings. The highest BCUT2D eigenvalue weighted by Crippen LogP contribution is 2.37. The fraction of sp³-hybridized carbons (Fsp3) is 0.0870. The maximum absolute atomic E-state index is 13.4. The molecule has 0 saturated carbocycles. The second-order valence-electron chi connectivity index (χ2n) is 7.21. The average Bonchev–Trinajstić information content (AvgIpc) is 2.83. The van der Waals surface area contributed by atoms with Gasteiger partial charge in [-0.05, 0) is 48.0 Å². The summed E-state index contributed by atoms with van der Waals surface area (Å²) in [6.07, 6.45) is -3.68. The zero-order valence-corrected chi connectivity index (χ0v) is 19.7. The summed E-state index contributed by atoms with van der Waals surface area (Å²) in [6, 6.07) is 14.9. The van der Waals surface area contributed by atoms with Gasteiger partial charge in [0.1, 0.15) is 6.54 Å². The largest absolute Gasteiger partial charge is 0.478 e. The Morgan fingerprint density at radius 2 is 1.67 bits per heavy atom. The van der Waals surface area contributed by atoms with Crippen molar-refractivity contribution in [2.75, 3.05) is 10.8 Å². The summed E-state index contributed by atoms with van der Waals surface area (Å²) in [4.78, 5) is 23.2. The molecule has 8 nitrogen and oxygen atoms in total. The van der Waals surface area contributed by atoms with Gasteiger partial charge in [-0.15, -0.1) is 0 Å². The summed E-state index contributed by atoms with van der Waals surface area (Å²) in [6.45, 7) is -0.897. The number of hydrazone groups is 1. The number of aromatic carboxylic acids is 1. The Hall–Kier alpha value is -3.90. The zero-order chi connectivity index (χ0) is 26.5. The quantitative estimate of drug-likeness (QED) is 0.325. The van der Waals surface area contributed by atoms with E-state index in [4.69, 9.17) is 16.7 Å². The van der Waals surface area contributed by atoms with Crippen LogP contribution in [0.4, 0.5) is 18.9 Å². The molecule has 0 bridgehead atoms. The lowest BCUT2D eigenvalue weighted by Crippen LogP contribution is -2.39. The van der Waals surface area contributed by atoms with E-state index in [1.165, 1.54) is 54.7 Å². The van der Waals surface area contributed by atoms with Crippen molar-refractivity contribution in [1.82, 2.24) is 5.43 Å². The van der Waals surface area contributed by atoms with E-state index in [2.05, 4.69) is 10.5 Å². The number of rotatable bonds is 8. The number of carbonyl (C=O) groups excluding carboxylic acids is 1. The molecule has 36 heavy (non-hydrogen) atoms. The molecule has 3 aromatic carbocycles. The van der Waals surface area contributed by atoms with Crippen molar-refractivity contribution in [3.8, 4) is 0 Å². The number of halogens is 4. The fourth-order valence-electron chi connectivity index (χ4n) is 2.98. The van der Waals surface area contributed by atoms with Crippen LogP contribution in [0.25, 0.3) is 0 Å². The number of sulfonamides is 1. The van der Waals surface area contributed by atoms with Crippen LogP contribution >= 0.6 is 11.6 Å². The first-order valence-electron chi connectivity index (χ1n) is 9.99. The maximum atomic E-state index is 13.4. The summed E-state index contributed by atoms with van der Waals surface area (Å²) in [5, 5.41) is 12.0. The molecule has 0 radical (unpaired) electrons. The molecule has 3 rings (SSSR count). The van der Waals surface area contributed by atoms with E-state index in [1.54, 1.807) is 6.07 Å². The predicted octanol–water partition coefficient (Wildman–Crippen LogP) is 4.40. The first-order chi connectivity index (χ1) is 16.9. The average molecular weight is 540 g/mol. The number of amides is 1. The van der Waals surface area contributed by atoms with Crippen molar-refractivity contribution in [3.05, 3.63) is 94.5 Å². The Morgan fingerprint density at radius 3 is 2.25 bits per heavy atom.